The second-order valence-corrected chi connectivity index (χ2v) is 7.10. The average molecular weight is 391 g/mol. The summed E-state index contributed by atoms with van der Waals surface area (Å²) in [6.45, 7) is 0.762. The molecule has 0 bridgehead atoms. The number of carboxylic acids is 1. The maximum atomic E-state index is 11.2. The first kappa shape index (κ1) is 17.1. The highest BCUT2D eigenvalue weighted by molar-refractivity contribution is 6.45. The summed E-state index contributed by atoms with van der Waals surface area (Å²) in [7, 11) is 0. The molecule has 4 rings (SSSR count). The number of benzene rings is 1. The van der Waals surface area contributed by atoms with Gasteiger partial charge in [0.25, 0.3) is 0 Å². The number of aromatic nitrogens is 3. The Morgan fingerprint density at radius 3 is 2.92 bits per heavy atom. The first-order chi connectivity index (χ1) is 12.5. The van der Waals surface area contributed by atoms with Crippen molar-refractivity contribution >= 4 is 45.9 Å². The van der Waals surface area contributed by atoms with Crippen LogP contribution in [0.25, 0.3) is 16.6 Å². The summed E-state index contributed by atoms with van der Waals surface area (Å²) < 4.78 is 1.89. The van der Waals surface area contributed by atoms with E-state index < -0.39 is 5.97 Å². The lowest BCUT2D eigenvalue weighted by Gasteiger charge is -2.26. The predicted molar refractivity (Wildman–Crippen MR) is 102 cm³/mol. The van der Waals surface area contributed by atoms with Crippen LogP contribution in [0, 0.1) is 0 Å². The fourth-order valence-corrected chi connectivity index (χ4v) is 3.88. The van der Waals surface area contributed by atoms with E-state index in [1.54, 1.807) is 18.6 Å². The van der Waals surface area contributed by atoms with Crippen molar-refractivity contribution in [1.29, 1.82) is 0 Å². The molecule has 3 aromatic rings. The molecule has 0 amide bonds. The molecule has 1 N–H and O–H groups in total. The van der Waals surface area contributed by atoms with Crippen LogP contribution in [-0.4, -0.2) is 38.2 Å². The van der Waals surface area contributed by atoms with Crippen molar-refractivity contribution in [3.63, 3.8) is 0 Å². The topological polar surface area (TPSA) is 71.2 Å². The molecule has 3 heterocycles. The first-order valence-corrected chi connectivity index (χ1v) is 9.05. The average Bonchev–Trinajstić information content (AvgIpc) is 3.29. The quantitative estimate of drug-likeness (QED) is 0.723. The van der Waals surface area contributed by atoms with Crippen molar-refractivity contribution in [2.24, 2.45) is 0 Å². The highest BCUT2D eigenvalue weighted by Gasteiger charge is 2.28. The van der Waals surface area contributed by atoms with Crippen molar-refractivity contribution in [3.05, 3.63) is 47.0 Å². The molecule has 0 saturated carbocycles. The Morgan fingerprint density at radius 2 is 2.19 bits per heavy atom. The fourth-order valence-electron chi connectivity index (χ4n) is 3.52. The van der Waals surface area contributed by atoms with Crippen molar-refractivity contribution in [3.8, 4) is 5.69 Å². The second-order valence-electron chi connectivity index (χ2n) is 6.31. The van der Waals surface area contributed by atoms with Crippen molar-refractivity contribution in [1.82, 2.24) is 14.5 Å². The molecule has 6 nitrogen and oxygen atoms in total. The Balaban J connectivity index is 1.90. The minimum atomic E-state index is -0.807. The van der Waals surface area contributed by atoms with Gasteiger partial charge < -0.3 is 14.6 Å². The maximum Gasteiger partial charge on any atom is 0.305 e. The van der Waals surface area contributed by atoms with Gasteiger partial charge in [0.2, 0.25) is 0 Å². The lowest BCUT2D eigenvalue weighted by Crippen LogP contribution is -2.32. The highest BCUT2D eigenvalue weighted by atomic mass is 35.5. The van der Waals surface area contributed by atoms with E-state index in [9.17, 15) is 9.90 Å². The number of rotatable bonds is 4. The van der Waals surface area contributed by atoms with Crippen LogP contribution in [0.5, 0.6) is 0 Å². The minimum Gasteiger partial charge on any atom is -0.481 e. The van der Waals surface area contributed by atoms with Gasteiger partial charge in [0.15, 0.2) is 0 Å². The Kier molecular flexibility index (Phi) is 4.46. The zero-order valence-corrected chi connectivity index (χ0v) is 15.3. The van der Waals surface area contributed by atoms with Crippen LogP contribution in [0.4, 0.5) is 5.82 Å². The number of imidazole rings is 1. The monoisotopic (exact) mass is 390 g/mol. The lowest BCUT2D eigenvalue weighted by molar-refractivity contribution is -0.137. The Hall–Kier alpha value is -2.31. The summed E-state index contributed by atoms with van der Waals surface area (Å²) in [6, 6.07) is 5.51. The van der Waals surface area contributed by atoms with E-state index in [0.29, 0.717) is 21.4 Å². The van der Waals surface area contributed by atoms with Crippen LogP contribution in [0.2, 0.25) is 10.0 Å². The molecular weight excluding hydrogens is 375 g/mol. The number of carboxylic acid groups (broad SMARTS) is 1. The predicted octanol–water partition coefficient (Wildman–Crippen LogP) is 4.17. The van der Waals surface area contributed by atoms with Gasteiger partial charge >= 0.3 is 5.97 Å². The molecule has 8 heteroatoms. The summed E-state index contributed by atoms with van der Waals surface area (Å²) in [5, 5.41) is 10.9. The zero-order valence-electron chi connectivity index (χ0n) is 13.8. The van der Waals surface area contributed by atoms with Crippen LogP contribution in [0.1, 0.15) is 19.3 Å². The van der Waals surface area contributed by atoms with Crippen LogP contribution in [-0.2, 0) is 4.79 Å². The molecule has 1 aliphatic heterocycles. The molecule has 1 fully saturated rings. The van der Waals surface area contributed by atoms with Crippen LogP contribution < -0.4 is 4.90 Å². The van der Waals surface area contributed by atoms with Gasteiger partial charge in [-0.2, -0.15) is 0 Å². The van der Waals surface area contributed by atoms with Gasteiger partial charge in [-0.25, -0.2) is 9.97 Å². The third kappa shape index (κ3) is 2.99. The number of anilines is 1. The first-order valence-electron chi connectivity index (χ1n) is 8.30. The molecule has 0 aliphatic carbocycles. The van der Waals surface area contributed by atoms with E-state index in [4.69, 9.17) is 28.2 Å². The lowest BCUT2D eigenvalue weighted by atomic mass is 10.1. The van der Waals surface area contributed by atoms with Crippen LogP contribution in [0.15, 0.2) is 36.9 Å². The number of hydrogen-bond donors (Lipinski definition) is 1. The van der Waals surface area contributed by atoms with Crippen LogP contribution >= 0.6 is 23.2 Å². The largest absolute Gasteiger partial charge is 0.481 e. The molecule has 0 spiro atoms. The van der Waals surface area contributed by atoms with Gasteiger partial charge in [-0.1, -0.05) is 23.2 Å². The summed E-state index contributed by atoms with van der Waals surface area (Å²) in [4.78, 5) is 22.1. The highest BCUT2D eigenvalue weighted by Crippen LogP contribution is 2.36. The molecule has 2 aromatic heterocycles. The number of carbonyl (C=O) groups is 1. The Morgan fingerprint density at radius 1 is 1.35 bits per heavy atom. The number of pyridine rings is 1. The van der Waals surface area contributed by atoms with E-state index in [-0.39, 0.29) is 12.5 Å². The molecule has 0 radical (unpaired) electrons. The fraction of sp³-hybridized carbons (Fsp3) is 0.278. The Labute approximate surface area is 160 Å². The van der Waals surface area contributed by atoms with E-state index in [0.717, 1.165) is 30.5 Å². The molecule has 1 aliphatic rings. The smallest absolute Gasteiger partial charge is 0.305 e. The van der Waals surface area contributed by atoms with Gasteiger partial charge in [-0.15, -0.1) is 0 Å². The number of hydrogen-bond acceptors (Lipinski definition) is 4. The van der Waals surface area contributed by atoms with Gasteiger partial charge in [-0.3, -0.25) is 4.79 Å². The standard InChI is InChI=1S/C18H16Cl2N4O2/c19-13-4-3-12-14(23-7-5-21-10-23)9-15(22-18(12)17(13)20)24-6-1-2-11(24)8-16(25)26/h3-5,7,9-11H,1-2,6,8H2,(H,25,26). The number of fused-ring (bicyclic) bond motifs is 1. The van der Waals surface area contributed by atoms with Crippen molar-refractivity contribution in [2.45, 2.75) is 25.3 Å². The Bertz CT molecular complexity index is 975. The van der Waals surface area contributed by atoms with Gasteiger partial charge in [0, 0.05) is 36.4 Å². The van der Waals surface area contributed by atoms with Gasteiger partial charge in [0.05, 0.1) is 34.0 Å². The third-order valence-electron chi connectivity index (χ3n) is 4.70. The minimum absolute atomic E-state index is 0.0777. The van der Waals surface area contributed by atoms with Gasteiger partial charge in [-0.05, 0) is 25.0 Å². The molecule has 26 heavy (non-hydrogen) atoms. The second kappa shape index (κ2) is 6.78. The molecule has 1 aromatic carbocycles. The van der Waals surface area contributed by atoms with E-state index in [1.165, 1.54) is 0 Å². The maximum absolute atomic E-state index is 11.2. The molecule has 134 valence electrons. The van der Waals surface area contributed by atoms with Gasteiger partial charge in [0.1, 0.15) is 5.82 Å². The number of nitrogens with zero attached hydrogens (tertiary/aromatic N) is 4. The molecular formula is C18H16Cl2N4O2. The third-order valence-corrected chi connectivity index (χ3v) is 5.50. The van der Waals surface area contributed by atoms with E-state index in [1.807, 2.05) is 27.8 Å². The summed E-state index contributed by atoms with van der Waals surface area (Å²) in [5.41, 5.74) is 1.48. The van der Waals surface area contributed by atoms with Crippen molar-refractivity contribution in [2.75, 3.05) is 11.4 Å². The van der Waals surface area contributed by atoms with E-state index in [2.05, 4.69) is 4.98 Å². The number of aliphatic carboxylic acids is 1. The summed E-state index contributed by atoms with van der Waals surface area (Å²) >= 11 is 12.6. The normalized spacial score (nSPS) is 17.2. The van der Waals surface area contributed by atoms with E-state index >= 15 is 0 Å². The number of halogens is 2. The zero-order chi connectivity index (χ0) is 18.3. The molecule has 1 unspecified atom stereocenters. The van der Waals surface area contributed by atoms with Crippen LogP contribution in [0.3, 0.4) is 0 Å². The van der Waals surface area contributed by atoms with Crippen molar-refractivity contribution < 1.29 is 9.90 Å². The summed E-state index contributed by atoms with van der Waals surface area (Å²) in [5.74, 6) is -0.104. The SMILES string of the molecule is O=C(O)CC1CCCN1c1cc(-n2ccnc2)c2ccc(Cl)c(Cl)c2n1. The molecule has 1 saturated heterocycles. The summed E-state index contributed by atoms with van der Waals surface area (Å²) in [6.07, 6.45) is 7.10. The molecule has 1 atom stereocenters.